The van der Waals surface area contributed by atoms with Crippen molar-refractivity contribution in [3.63, 3.8) is 0 Å². The van der Waals surface area contributed by atoms with E-state index in [0.29, 0.717) is 51.5 Å². The maximum absolute atomic E-state index is 13.3. The number of nitrogens with two attached hydrogens (primary N) is 1. The largest absolute Gasteiger partial charge is 0.496 e. The van der Waals surface area contributed by atoms with Crippen LogP contribution in [0.1, 0.15) is 56.2 Å². The molecule has 11 nitrogen and oxygen atoms in total. The molecule has 51 heavy (non-hydrogen) atoms. The standard InChI is InChI=1S/C40H55N3O8/c1-28(2)24-34(41)40(46)43-25-35(45)39(38(26-43)51-23-22-50-37-13-8-5-10-30(37)18-19-42-29(3)44)31-14-16-33(17-15-31)49-21-9-20-48-27-32-11-6-7-12-36(32)47-4/h5-8,10-17,28,34-35,38-39,45H,9,18-27,41H2,1-4H3,(H,42,44)/t34-,35+,38-,39-/m0/s1. The molecule has 0 saturated carbocycles. The molecule has 0 unspecified atom stereocenters. The van der Waals surface area contributed by atoms with Crippen LogP contribution in [0.3, 0.4) is 0 Å². The Hall–Kier alpha value is -4.16. The zero-order valence-corrected chi connectivity index (χ0v) is 30.4. The van der Waals surface area contributed by atoms with E-state index in [1.807, 2.05) is 86.6 Å². The van der Waals surface area contributed by atoms with Gasteiger partial charge >= 0.3 is 0 Å². The van der Waals surface area contributed by atoms with Crippen molar-refractivity contribution < 1.29 is 38.4 Å². The van der Waals surface area contributed by atoms with Crippen molar-refractivity contribution in [2.45, 2.75) is 70.8 Å². The number of likely N-dealkylation sites (tertiary alicyclic amines) is 1. The molecule has 0 aliphatic carbocycles. The summed E-state index contributed by atoms with van der Waals surface area (Å²) in [6.07, 6.45) is 0.568. The first-order chi connectivity index (χ1) is 24.7. The molecule has 3 aromatic carbocycles. The van der Waals surface area contributed by atoms with Crippen molar-refractivity contribution in [2.75, 3.05) is 53.2 Å². The molecule has 0 radical (unpaired) electrons. The second-order valence-electron chi connectivity index (χ2n) is 13.3. The SMILES string of the molecule is COc1ccccc1COCCCOc1ccc([C@H]2[C@H](O)CN(C(=O)[C@@H](N)CC(C)C)C[C@@H]2OCCOc2ccccc2CCNC(C)=O)cc1. The fourth-order valence-corrected chi connectivity index (χ4v) is 6.33. The van der Waals surface area contributed by atoms with Gasteiger partial charge in [-0.25, -0.2) is 0 Å². The van der Waals surface area contributed by atoms with Crippen molar-refractivity contribution in [1.29, 1.82) is 0 Å². The van der Waals surface area contributed by atoms with E-state index in [0.717, 1.165) is 34.6 Å². The molecular formula is C40H55N3O8. The van der Waals surface area contributed by atoms with Gasteiger partial charge in [-0.15, -0.1) is 0 Å². The monoisotopic (exact) mass is 705 g/mol. The van der Waals surface area contributed by atoms with E-state index in [1.54, 1.807) is 12.0 Å². The van der Waals surface area contributed by atoms with Crippen LogP contribution in [-0.2, 0) is 32.1 Å². The number of aliphatic hydroxyl groups is 1. The lowest BCUT2D eigenvalue weighted by atomic mass is 9.84. The Morgan fingerprint density at radius 1 is 0.902 bits per heavy atom. The van der Waals surface area contributed by atoms with Gasteiger partial charge in [0, 0.05) is 44.5 Å². The number of ether oxygens (including phenoxy) is 5. The number of hydrogen-bond acceptors (Lipinski definition) is 9. The highest BCUT2D eigenvalue weighted by Crippen LogP contribution is 2.33. The van der Waals surface area contributed by atoms with E-state index in [-0.39, 0.29) is 43.4 Å². The summed E-state index contributed by atoms with van der Waals surface area (Å²) in [5, 5.41) is 14.3. The number of nitrogens with one attached hydrogen (secondary N) is 1. The Kier molecular flexibility index (Phi) is 16.0. The van der Waals surface area contributed by atoms with Crippen LogP contribution in [0.5, 0.6) is 17.2 Å². The van der Waals surface area contributed by atoms with Crippen molar-refractivity contribution >= 4 is 11.8 Å². The summed E-state index contributed by atoms with van der Waals surface area (Å²) in [7, 11) is 1.65. The van der Waals surface area contributed by atoms with Gasteiger partial charge in [-0.3, -0.25) is 9.59 Å². The molecule has 1 heterocycles. The van der Waals surface area contributed by atoms with Gasteiger partial charge in [0.25, 0.3) is 0 Å². The molecule has 2 amide bonds. The van der Waals surface area contributed by atoms with E-state index < -0.39 is 18.2 Å². The first kappa shape index (κ1) is 39.6. The number of para-hydroxylation sites is 2. The first-order valence-corrected chi connectivity index (χ1v) is 17.9. The van der Waals surface area contributed by atoms with Crippen LogP contribution in [0.2, 0.25) is 0 Å². The van der Waals surface area contributed by atoms with E-state index in [9.17, 15) is 14.7 Å². The summed E-state index contributed by atoms with van der Waals surface area (Å²) in [4.78, 5) is 26.2. The van der Waals surface area contributed by atoms with Crippen molar-refractivity contribution in [3.8, 4) is 17.2 Å². The summed E-state index contributed by atoms with van der Waals surface area (Å²) in [5.41, 5.74) is 9.15. The van der Waals surface area contributed by atoms with Crippen LogP contribution in [-0.4, -0.2) is 93.2 Å². The van der Waals surface area contributed by atoms with Gasteiger partial charge in [0.15, 0.2) is 0 Å². The lowest BCUT2D eigenvalue weighted by Crippen LogP contribution is -2.57. The van der Waals surface area contributed by atoms with Crippen LogP contribution < -0.4 is 25.3 Å². The third kappa shape index (κ3) is 12.5. The van der Waals surface area contributed by atoms with Crippen LogP contribution in [0.4, 0.5) is 0 Å². The first-order valence-electron chi connectivity index (χ1n) is 17.9. The normalized spacial score (nSPS) is 17.9. The molecule has 4 atom stereocenters. The van der Waals surface area contributed by atoms with Crippen LogP contribution in [0.25, 0.3) is 0 Å². The quantitative estimate of drug-likeness (QED) is 0.145. The average Bonchev–Trinajstić information content (AvgIpc) is 3.11. The van der Waals surface area contributed by atoms with Gasteiger partial charge in [-0.2, -0.15) is 0 Å². The van der Waals surface area contributed by atoms with Crippen LogP contribution >= 0.6 is 0 Å². The summed E-state index contributed by atoms with van der Waals surface area (Å²) >= 11 is 0. The van der Waals surface area contributed by atoms with Gasteiger partial charge < -0.3 is 44.7 Å². The summed E-state index contributed by atoms with van der Waals surface area (Å²) < 4.78 is 29.6. The molecule has 1 aliphatic rings. The summed E-state index contributed by atoms with van der Waals surface area (Å²) in [6, 6.07) is 22.5. The Balaban J connectivity index is 1.34. The van der Waals surface area contributed by atoms with Gasteiger partial charge in [0.1, 0.15) is 23.9 Å². The van der Waals surface area contributed by atoms with Gasteiger partial charge in [-0.05, 0) is 54.2 Å². The number of aliphatic hydroxyl groups excluding tert-OH is 1. The number of amides is 2. The average molecular weight is 706 g/mol. The number of carbonyl (C=O) groups is 2. The van der Waals surface area contributed by atoms with Crippen molar-refractivity contribution in [2.24, 2.45) is 11.7 Å². The van der Waals surface area contributed by atoms with E-state index in [2.05, 4.69) is 5.32 Å². The molecule has 0 aromatic heterocycles. The molecule has 4 N–H and O–H groups in total. The Labute approximate surface area is 302 Å². The second-order valence-corrected chi connectivity index (χ2v) is 13.3. The van der Waals surface area contributed by atoms with E-state index >= 15 is 0 Å². The minimum atomic E-state index is -0.860. The zero-order valence-electron chi connectivity index (χ0n) is 30.4. The maximum Gasteiger partial charge on any atom is 0.239 e. The molecule has 1 aliphatic heterocycles. The summed E-state index contributed by atoms with van der Waals surface area (Å²) in [5.74, 6) is 1.88. The molecule has 0 bridgehead atoms. The van der Waals surface area contributed by atoms with Crippen molar-refractivity contribution in [1.82, 2.24) is 10.2 Å². The predicted octanol–water partition coefficient (Wildman–Crippen LogP) is 4.48. The topological polar surface area (TPSA) is 142 Å². The number of nitrogens with zero attached hydrogens (tertiary/aromatic N) is 1. The third-order valence-corrected chi connectivity index (χ3v) is 8.81. The van der Waals surface area contributed by atoms with E-state index in [4.69, 9.17) is 29.4 Å². The number of benzene rings is 3. The Morgan fingerprint density at radius 2 is 1.61 bits per heavy atom. The van der Waals surface area contributed by atoms with Gasteiger partial charge in [0.05, 0.1) is 51.8 Å². The molecule has 1 fully saturated rings. The number of β-amino-alcohol motifs (C(OH)–C–C–N with tert-alkyl or cyclic N) is 1. The van der Waals surface area contributed by atoms with E-state index in [1.165, 1.54) is 6.92 Å². The number of rotatable bonds is 20. The fourth-order valence-electron chi connectivity index (χ4n) is 6.33. The maximum atomic E-state index is 13.3. The number of carbonyl (C=O) groups excluding carboxylic acids is 2. The summed E-state index contributed by atoms with van der Waals surface area (Å²) in [6.45, 7) is 8.56. The molecule has 1 saturated heterocycles. The highest BCUT2D eigenvalue weighted by Gasteiger charge is 2.40. The minimum absolute atomic E-state index is 0.0759. The Morgan fingerprint density at radius 3 is 2.31 bits per heavy atom. The van der Waals surface area contributed by atoms with Crippen molar-refractivity contribution in [3.05, 3.63) is 89.5 Å². The Bertz CT molecular complexity index is 1500. The molecular weight excluding hydrogens is 650 g/mol. The van der Waals surface area contributed by atoms with Crippen LogP contribution in [0, 0.1) is 5.92 Å². The highest BCUT2D eigenvalue weighted by atomic mass is 16.5. The lowest BCUT2D eigenvalue weighted by molar-refractivity contribution is -0.143. The molecule has 4 rings (SSSR count). The minimum Gasteiger partial charge on any atom is -0.496 e. The number of hydrogen-bond donors (Lipinski definition) is 3. The molecule has 3 aromatic rings. The smallest absolute Gasteiger partial charge is 0.239 e. The second kappa shape index (κ2) is 20.6. The van der Waals surface area contributed by atoms with Gasteiger partial charge in [-0.1, -0.05) is 62.4 Å². The molecule has 278 valence electrons. The lowest BCUT2D eigenvalue weighted by Gasteiger charge is -2.42. The third-order valence-electron chi connectivity index (χ3n) is 8.81. The predicted molar refractivity (Wildman–Crippen MR) is 196 cm³/mol. The fraction of sp³-hybridized carbons (Fsp3) is 0.500. The molecule has 11 heteroatoms. The molecule has 0 spiro atoms. The van der Waals surface area contributed by atoms with Crippen LogP contribution in [0.15, 0.2) is 72.8 Å². The zero-order chi connectivity index (χ0) is 36.6. The van der Waals surface area contributed by atoms with Gasteiger partial charge in [0.2, 0.25) is 11.8 Å². The number of methoxy groups -OCH3 is 1. The highest BCUT2D eigenvalue weighted by molar-refractivity contribution is 5.82. The number of piperidine rings is 1.